The molecule has 0 aliphatic heterocycles. The molecule has 0 radical (unpaired) electrons. The van der Waals surface area contributed by atoms with E-state index in [1.807, 2.05) is 19.1 Å². The molecular formula is C11H19N3O2. The molecule has 0 aromatic carbocycles. The van der Waals surface area contributed by atoms with Gasteiger partial charge in [-0.15, -0.1) is 0 Å². The Morgan fingerprint density at radius 1 is 1.44 bits per heavy atom. The molecule has 5 heteroatoms. The van der Waals surface area contributed by atoms with E-state index in [0.717, 1.165) is 5.69 Å². The SMILES string of the molecule is COCCOc1ccc(NC(C)CN)cn1. The van der Waals surface area contributed by atoms with Crippen molar-refractivity contribution in [3.8, 4) is 5.88 Å². The van der Waals surface area contributed by atoms with Crippen molar-refractivity contribution in [2.75, 3.05) is 32.2 Å². The minimum Gasteiger partial charge on any atom is -0.475 e. The van der Waals surface area contributed by atoms with Gasteiger partial charge in [-0.1, -0.05) is 0 Å². The van der Waals surface area contributed by atoms with Crippen molar-refractivity contribution < 1.29 is 9.47 Å². The van der Waals surface area contributed by atoms with Crippen molar-refractivity contribution in [1.82, 2.24) is 4.98 Å². The Hall–Kier alpha value is -1.33. The van der Waals surface area contributed by atoms with Crippen LogP contribution in [-0.2, 0) is 4.74 Å². The molecule has 1 unspecified atom stereocenters. The van der Waals surface area contributed by atoms with Crippen LogP contribution in [0.25, 0.3) is 0 Å². The van der Waals surface area contributed by atoms with Crippen molar-refractivity contribution in [2.45, 2.75) is 13.0 Å². The maximum absolute atomic E-state index is 5.51. The van der Waals surface area contributed by atoms with Gasteiger partial charge in [0.1, 0.15) is 6.61 Å². The summed E-state index contributed by atoms with van der Waals surface area (Å²) >= 11 is 0. The number of hydrogen-bond donors (Lipinski definition) is 2. The summed E-state index contributed by atoms with van der Waals surface area (Å²) in [7, 11) is 1.64. The van der Waals surface area contributed by atoms with E-state index < -0.39 is 0 Å². The van der Waals surface area contributed by atoms with E-state index >= 15 is 0 Å². The second-order valence-electron chi connectivity index (χ2n) is 3.51. The number of pyridine rings is 1. The van der Waals surface area contributed by atoms with Crippen LogP contribution in [0.3, 0.4) is 0 Å². The molecule has 0 fully saturated rings. The zero-order valence-electron chi connectivity index (χ0n) is 9.77. The van der Waals surface area contributed by atoms with Gasteiger partial charge in [-0.05, 0) is 13.0 Å². The quantitative estimate of drug-likeness (QED) is 0.674. The lowest BCUT2D eigenvalue weighted by Gasteiger charge is -2.12. The van der Waals surface area contributed by atoms with Crippen molar-refractivity contribution in [3.05, 3.63) is 18.3 Å². The van der Waals surface area contributed by atoms with E-state index in [0.29, 0.717) is 25.6 Å². The van der Waals surface area contributed by atoms with Gasteiger partial charge in [0.05, 0.1) is 18.5 Å². The first-order chi connectivity index (χ1) is 7.76. The standard InChI is InChI=1S/C11H19N3O2/c1-9(7-12)14-10-3-4-11(13-8-10)16-6-5-15-2/h3-4,8-9,14H,5-7,12H2,1-2H3. The fraction of sp³-hybridized carbons (Fsp3) is 0.545. The van der Waals surface area contributed by atoms with Crippen LogP contribution < -0.4 is 15.8 Å². The zero-order valence-corrected chi connectivity index (χ0v) is 9.77. The Kier molecular flexibility index (Phi) is 5.60. The van der Waals surface area contributed by atoms with Gasteiger partial charge in [0.15, 0.2) is 0 Å². The molecule has 0 bridgehead atoms. The van der Waals surface area contributed by atoms with Crippen LogP contribution in [0.2, 0.25) is 0 Å². The number of methoxy groups -OCH3 is 1. The van der Waals surface area contributed by atoms with Crippen LogP contribution in [0, 0.1) is 0 Å². The summed E-state index contributed by atoms with van der Waals surface area (Å²) in [4.78, 5) is 4.16. The number of aromatic nitrogens is 1. The molecule has 1 aromatic heterocycles. The number of anilines is 1. The minimum absolute atomic E-state index is 0.238. The predicted molar refractivity (Wildman–Crippen MR) is 63.7 cm³/mol. The summed E-state index contributed by atoms with van der Waals surface area (Å²) in [5, 5.41) is 3.22. The van der Waals surface area contributed by atoms with Gasteiger partial charge in [-0.3, -0.25) is 0 Å². The first-order valence-corrected chi connectivity index (χ1v) is 5.30. The lowest BCUT2D eigenvalue weighted by molar-refractivity contribution is 0.144. The number of nitrogens with two attached hydrogens (primary N) is 1. The van der Waals surface area contributed by atoms with Gasteiger partial charge >= 0.3 is 0 Å². The van der Waals surface area contributed by atoms with Crippen molar-refractivity contribution >= 4 is 5.69 Å². The highest BCUT2D eigenvalue weighted by atomic mass is 16.5. The Balaban J connectivity index is 2.41. The smallest absolute Gasteiger partial charge is 0.213 e. The Labute approximate surface area is 96.0 Å². The summed E-state index contributed by atoms with van der Waals surface area (Å²) in [5.41, 5.74) is 6.45. The van der Waals surface area contributed by atoms with Gasteiger partial charge in [0.2, 0.25) is 5.88 Å². The largest absolute Gasteiger partial charge is 0.475 e. The lowest BCUT2D eigenvalue weighted by atomic mass is 10.3. The number of nitrogens with zero attached hydrogens (tertiary/aromatic N) is 1. The Bertz CT molecular complexity index is 290. The van der Waals surface area contributed by atoms with Crippen molar-refractivity contribution in [1.29, 1.82) is 0 Å². The van der Waals surface area contributed by atoms with Gasteiger partial charge in [-0.25, -0.2) is 4.98 Å². The van der Waals surface area contributed by atoms with E-state index in [4.69, 9.17) is 15.2 Å². The molecule has 0 amide bonds. The molecule has 0 spiro atoms. The minimum atomic E-state index is 0.238. The monoisotopic (exact) mass is 225 g/mol. The van der Waals surface area contributed by atoms with Crippen LogP contribution in [0.1, 0.15) is 6.92 Å². The van der Waals surface area contributed by atoms with E-state index in [1.54, 1.807) is 13.3 Å². The molecule has 0 aliphatic carbocycles. The fourth-order valence-corrected chi connectivity index (χ4v) is 1.12. The number of hydrogen-bond acceptors (Lipinski definition) is 5. The van der Waals surface area contributed by atoms with E-state index in [9.17, 15) is 0 Å². The summed E-state index contributed by atoms with van der Waals surface area (Å²) in [6.45, 7) is 3.68. The van der Waals surface area contributed by atoms with E-state index in [-0.39, 0.29) is 6.04 Å². The summed E-state index contributed by atoms with van der Waals surface area (Å²) in [6.07, 6.45) is 1.73. The third-order valence-corrected chi connectivity index (χ3v) is 2.04. The average Bonchev–Trinajstić information content (AvgIpc) is 2.31. The highest BCUT2D eigenvalue weighted by molar-refractivity contribution is 5.42. The molecule has 0 saturated heterocycles. The van der Waals surface area contributed by atoms with Crippen molar-refractivity contribution in [3.63, 3.8) is 0 Å². The molecule has 1 rings (SSSR count). The summed E-state index contributed by atoms with van der Waals surface area (Å²) in [6, 6.07) is 3.98. The molecule has 90 valence electrons. The highest BCUT2D eigenvalue weighted by Crippen LogP contribution is 2.12. The van der Waals surface area contributed by atoms with Gasteiger partial charge in [0.25, 0.3) is 0 Å². The Morgan fingerprint density at radius 3 is 2.81 bits per heavy atom. The second kappa shape index (κ2) is 7.03. The van der Waals surface area contributed by atoms with Crippen molar-refractivity contribution in [2.24, 2.45) is 5.73 Å². The van der Waals surface area contributed by atoms with Gasteiger partial charge in [-0.2, -0.15) is 0 Å². The first-order valence-electron chi connectivity index (χ1n) is 5.30. The average molecular weight is 225 g/mol. The maximum atomic E-state index is 5.51. The molecule has 0 aliphatic rings. The summed E-state index contributed by atoms with van der Waals surface area (Å²) < 4.78 is 10.2. The molecule has 1 atom stereocenters. The lowest BCUT2D eigenvalue weighted by Crippen LogP contribution is -2.25. The molecular weight excluding hydrogens is 206 g/mol. The van der Waals surface area contributed by atoms with Crippen LogP contribution >= 0.6 is 0 Å². The summed E-state index contributed by atoms with van der Waals surface area (Å²) in [5.74, 6) is 0.600. The second-order valence-corrected chi connectivity index (χ2v) is 3.51. The van der Waals surface area contributed by atoms with E-state index in [2.05, 4.69) is 10.3 Å². The molecule has 0 saturated carbocycles. The number of ether oxygens (including phenoxy) is 2. The van der Waals surface area contributed by atoms with Crippen LogP contribution in [-0.4, -0.2) is 37.9 Å². The van der Waals surface area contributed by atoms with Crippen LogP contribution in [0.15, 0.2) is 18.3 Å². The van der Waals surface area contributed by atoms with E-state index in [1.165, 1.54) is 0 Å². The van der Waals surface area contributed by atoms with Crippen LogP contribution in [0.4, 0.5) is 5.69 Å². The fourth-order valence-electron chi connectivity index (χ4n) is 1.12. The van der Waals surface area contributed by atoms with Gasteiger partial charge < -0.3 is 20.5 Å². The van der Waals surface area contributed by atoms with Crippen LogP contribution in [0.5, 0.6) is 5.88 Å². The molecule has 5 nitrogen and oxygen atoms in total. The number of rotatable bonds is 7. The molecule has 1 aromatic rings. The third-order valence-electron chi connectivity index (χ3n) is 2.04. The normalized spacial score (nSPS) is 12.2. The molecule has 1 heterocycles. The van der Waals surface area contributed by atoms with Gasteiger partial charge in [0, 0.05) is 25.8 Å². The maximum Gasteiger partial charge on any atom is 0.213 e. The first kappa shape index (κ1) is 12.7. The third kappa shape index (κ3) is 4.46. The Morgan fingerprint density at radius 2 is 2.25 bits per heavy atom. The topological polar surface area (TPSA) is 69.4 Å². The highest BCUT2D eigenvalue weighted by Gasteiger charge is 2.00. The molecule has 3 N–H and O–H groups in total. The molecule has 16 heavy (non-hydrogen) atoms. The number of nitrogens with one attached hydrogen (secondary N) is 1. The zero-order chi connectivity index (χ0) is 11.8. The predicted octanol–water partition coefficient (Wildman–Crippen LogP) is 0.866.